The van der Waals surface area contributed by atoms with Crippen LogP contribution in [0, 0.1) is 6.92 Å². The van der Waals surface area contributed by atoms with Crippen LogP contribution in [0.15, 0.2) is 35.3 Å². The molecule has 6 heteroatoms. The number of methoxy groups -OCH3 is 1. The molecule has 0 amide bonds. The fourth-order valence-corrected chi connectivity index (χ4v) is 3.71. The molecule has 1 aliphatic heterocycles. The van der Waals surface area contributed by atoms with Gasteiger partial charge in [0.05, 0.1) is 12.7 Å². The lowest BCUT2D eigenvalue weighted by Gasteiger charge is -2.19. The number of likely N-dealkylation sites (tertiary alicyclic amines) is 1. The van der Waals surface area contributed by atoms with E-state index in [4.69, 9.17) is 4.74 Å². The number of carboxylic acids is 1. The Morgan fingerprint density at radius 3 is 2.79 bits per heavy atom. The van der Waals surface area contributed by atoms with Crippen LogP contribution in [0.5, 0.6) is 5.75 Å². The van der Waals surface area contributed by atoms with E-state index >= 15 is 0 Å². The van der Waals surface area contributed by atoms with Crippen molar-refractivity contribution in [3.8, 4) is 5.75 Å². The van der Waals surface area contributed by atoms with E-state index in [1.807, 2.05) is 31.2 Å². The molecule has 0 unspecified atom stereocenters. The van der Waals surface area contributed by atoms with Gasteiger partial charge in [0.1, 0.15) is 16.6 Å². The third-order valence-corrected chi connectivity index (χ3v) is 4.97. The molecule has 1 aromatic heterocycles. The molecule has 1 aromatic carbocycles. The summed E-state index contributed by atoms with van der Waals surface area (Å²) in [7, 11) is 1.66. The monoisotopic (exact) mass is 344 g/mol. The Morgan fingerprint density at radius 1 is 1.38 bits per heavy atom. The van der Waals surface area contributed by atoms with E-state index in [9.17, 15) is 9.90 Å². The van der Waals surface area contributed by atoms with Crippen molar-refractivity contribution in [1.29, 1.82) is 0 Å². The summed E-state index contributed by atoms with van der Waals surface area (Å²) in [4.78, 5) is 19.2. The fourth-order valence-electron chi connectivity index (χ4n) is 2.82. The molecule has 5 nitrogen and oxygen atoms in total. The fraction of sp³-hybridized carbons (Fsp3) is 0.333. The van der Waals surface area contributed by atoms with Gasteiger partial charge in [-0.15, -0.1) is 11.3 Å². The first kappa shape index (κ1) is 16.5. The normalized spacial score (nSPS) is 15.9. The molecule has 1 saturated heterocycles. The van der Waals surface area contributed by atoms with Crippen LogP contribution in [0.1, 0.15) is 33.6 Å². The summed E-state index contributed by atoms with van der Waals surface area (Å²) >= 11 is 1.43. The van der Waals surface area contributed by atoms with Gasteiger partial charge in [0.2, 0.25) is 0 Å². The number of aryl methyl sites for hydroxylation is 1. The van der Waals surface area contributed by atoms with E-state index in [0.717, 1.165) is 42.4 Å². The largest absolute Gasteiger partial charge is 0.497 e. The predicted octanol–water partition coefficient (Wildman–Crippen LogP) is 4.09. The lowest BCUT2D eigenvalue weighted by atomic mass is 10.2. The second-order valence-electron chi connectivity index (χ2n) is 5.78. The van der Waals surface area contributed by atoms with E-state index in [0.29, 0.717) is 10.6 Å². The highest BCUT2D eigenvalue weighted by molar-refractivity contribution is 7.16. The van der Waals surface area contributed by atoms with Crippen molar-refractivity contribution < 1.29 is 14.6 Å². The molecule has 1 N–H and O–H groups in total. The smallest absolute Gasteiger partial charge is 0.338 e. The molecule has 1 aliphatic rings. The first-order chi connectivity index (χ1) is 11.6. The minimum absolute atomic E-state index is 0.293. The summed E-state index contributed by atoms with van der Waals surface area (Å²) in [5, 5.41) is 9.91. The van der Waals surface area contributed by atoms with Gasteiger partial charge in [-0.2, -0.15) is 0 Å². The average molecular weight is 344 g/mol. The number of thiophene rings is 1. The molecule has 126 valence electrons. The second-order valence-corrected chi connectivity index (χ2v) is 7.02. The van der Waals surface area contributed by atoms with Crippen molar-refractivity contribution in [2.24, 2.45) is 4.99 Å². The van der Waals surface area contributed by atoms with Crippen LogP contribution in [-0.4, -0.2) is 35.5 Å². The van der Waals surface area contributed by atoms with E-state index in [-0.39, 0.29) is 0 Å². The average Bonchev–Trinajstić information content (AvgIpc) is 3.15. The van der Waals surface area contributed by atoms with E-state index < -0.39 is 5.97 Å². The summed E-state index contributed by atoms with van der Waals surface area (Å²) in [6.07, 6.45) is 1.92. The van der Waals surface area contributed by atoms with Gasteiger partial charge < -0.3 is 14.7 Å². The van der Waals surface area contributed by atoms with Crippen LogP contribution in [0.25, 0.3) is 0 Å². The Balaban J connectivity index is 1.81. The molecule has 1 fully saturated rings. The second kappa shape index (κ2) is 7.05. The van der Waals surface area contributed by atoms with Crippen molar-refractivity contribution >= 4 is 28.1 Å². The highest BCUT2D eigenvalue weighted by Crippen LogP contribution is 2.32. The highest BCUT2D eigenvalue weighted by Gasteiger charge is 2.21. The number of rotatable bonds is 5. The van der Waals surface area contributed by atoms with Crippen molar-refractivity contribution in [2.45, 2.75) is 26.3 Å². The lowest BCUT2D eigenvalue weighted by molar-refractivity contribution is 0.0698. The van der Waals surface area contributed by atoms with Crippen LogP contribution >= 0.6 is 11.3 Å². The maximum atomic E-state index is 11.4. The number of carbonyl (C=O) groups is 1. The molecule has 24 heavy (non-hydrogen) atoms. The Bertz CT molecular complexity index is 765. The molecule has 0 radical (unpaired) electrons. The Hall–Kier alpha value is -2.34. The number of aromatic carboxylic acids is 1. The van der Waals surface area contributed by atoms with Gasteiger partial charge in [0.25, 0.3) is 0 Å². The van der Waals surface area contributed by atoms with Gasteiger partial charge in [-0.3, -0.25) is 0 Å². The molecule has 0 bridgehead atoms. The number of nitrogens with zero attached hydrogens (tertiary/aromatic N) is 2. The molecule has 2 aromatic rings. The Kier molecular flexibility index (Phi) is 4.85. The van der Waals surface area contributed by atoms with Crippen molar-refractivity contribution in [3.63, 3.8) is 0 Å². The first-order valence-electron chi connectivity index (χ1n) is 7.86. The molecular formula is C18H20N2O3S. The quantitative estimate of drug-likeness (QED) is 0.887. The maximum Gasteiger partial charge on any atom is 0.338 e. The number of carboxylic acid groups (broad SMARTS) is 1. The summed E-state index contributed by atoms with van der Waals surface area (Å²) in [6.45, 7) is 3.62. The molecule has 3 rings (SSSR count). The zero-order chi connectivity index (χ0) is 17.1. The minimum atomic E-state index is -0.918. The van der Waals surface area contributed by atoms with Crippen LogP contribution in [0.4, 0.5) is 5.00 Å². The zero-order valence-electron chi connectivity index (χ0n) is 13.8. The van der Waals surface area contributed by atoms with Crippen LogP contribution < -0.4 is 4.74 Å². The van der Waals surface area contributed by atoms with Crippen molar-refractivity contribution in [2.75, 3.05) is 13.7 Å². The van der Waals surface area contributed by atoms with Gasteiger partial charge >= 0.3 is 5.97 Å². The van der Waals surface area contributed by atoms with Crippen molar-refractivity contribution in [3.05, 3.63) is 46.3 Å². The summed E-state index contributed by atoms with van der Waals surface area (Å²) < 4.78 is 5.19. The van der Waals surface area contributed by atoms with Gasteiger partial charge in [-0.25, -0.2) is 9.79 Å². The van der Waals surface area contributed by atoms with E-state index in [2.05, 4.69) is 9.89 Å². The molecule has 0 aliphatic carbocycles. The summed E-state index contributed by atoms with van der Waals surface area (Å²) in [5.74, 6) is 0.891. The standard InChI is InChI=1S/C18H20N2O3S/c1-12-10-15(18(21)22)17(24-12)19-16-4-3-9-20(16)11-13-5-7-14(23-2)8-6-13/h5-8,10H,3-4,9,11H2,1-2H3,(H,21,22)/b19-16+. The number of ether oxygens (including phenoxy) is 1. The zero-order valence-corrected chi connectivity index (χ0v) is 14.6. The van der Waals surface area contributed by atoms with Gasteiger partial charge in [-0.05, 0) is 37.1 Å². The number of hydrogen-bond acceptors (Lipinski definition) is 4. The number of benzene rings is 1. The minimum Gasteiger partial charge on any atom is -0.497 e. The SMILES string of the molecule is COc1ccc(CN2CCC/C2=N\c2sc(C)cc2C(=O)O)cc1. The van der Waals surface area contributed by atoms with Crippen LogP contribution in [-0.2, 0) is 6.54 Å². The Morgan fingerprint density at radius 2 is 2.12 bits per heavy atom. The maximum absolute atomic E-state index is 11.4. The van der Waals surface area contributed by atoms with Crippen LogP contribution in [0.3, 0.4) is 0 Å². The number of aliphatic imine (C=N–C) groups is 1. The highest BCUT2D eigenvalue weighted by atomic mass is 32.1. The van der Waals surface area contributed by atoms with Gasteiger partial charge in [0.15, 0.2) is 0 Å². The molecular weight excluding hydrogens is 324 g/mol. The van der Waals surface area contributed by atoms with E-state index in [1.54, 1.807) is 13.2 Å². The molecule has 0 atom stereocenters. The first-order valence-corrected chi connectivity index (χ1v) is 8.67. The molecule has 0 spiro atoms. The molecule has 2 heterocycles. The summed E-state index contributed by atoms with van der Waals surface area (Å²) in [5.41, 5.74) is 1.48. The molecule has 0 saturated carbocycles. The van der Waals surface area contributed by atoms with Gasteiger partial charge in [0, 0.05) is 24.4 Å². The topological polar surface area (TPSA) is 62.1 Å². The summed E-state index contributed by atoms with van der Waals surface area (Å²) in [6, 6.07) is 9.69. The lowest BCUT2D eigenvalue weighted by Crippen LogP contribution is -2.24. The number of amidine groups is 1. The predicted molar refractivity (Wildman–Crippen MR) is 95.7 cm³/mol. The van der Waals surface area contributed by atoms with Gasteiger partial charge in [-0.1, -0.05) is 12.1 Å². The third kappa shape index (κ3) is 3.59. The third-order valence-electron chi connectivity index (χ3n) is 4.02. The van der Waals surface area contributed by atoms with Crippen molar-refractivity contribution in [1.82, 2.24) is 4.90 Å². The van der Waals surface area contributed by atoms with Crippen LogP contribution in [0.2, 0.25) is 0 Å². The Labute approximate surface area is 145 Å². The number of hydrogen-bond donors (Lipinski definition) is 1. The van der Waals surface area contributed by atoms with E-state index in [1.165, 1.54) is 16.9 Å².